The maximum absolute atomic E-state index is 13.8. The Morgan fingerprint density at radius 1 is 1.44 bits per heavy atom. The van der Waals surface area contributed by atoms with E-state index >= 15 is 0 Å². The molecule has 0 heterocycles. The van der Waals surface area contributed by atoms with Crippen molar-refractivity contribution in [2.75, 3.05) is 13.7 Å². The number of carbonyl (C=O) groups excluding carboxylic acids is 1. The molecule has 27 heavy (non-hydrogen) atoms. The van der Waals surface area contributed by atoms with Crippen LogP contribution in [0.2, 0.25) is 5.02 Å². The molecule has 2 rings (SSSR count). The molecule has 2 aromatic carbocycles. The van der Waals surface area contributed by atoms with E-state index in [0.29, 0.717) is 11.3 Å². The van der Waals surface area contributed by atoms with E-state index in [1.165, 1.54) is 31.5 Å². The highest BCUT2D eigenvalue weighted by atomic mass is 35.5. The number of amides is 1. The Balaban J connectivity index is 2.14. The van der Waals surface area contributed by atoms with Crippen molar-refractivity contribution in [2.45, 2.75) is 0 Å². The monoisotopic (exact) mass is 385 g/mol. The number of hydrazone groups is 1. The molecule has 1 N–H and O–H groups in total. The first-order valence-corrected chi connectivity index (χ1v) is 7.84. The number of hydrogen-bond acceptors (Lipinski definition) is 5. The van der Waals surface area contributed by atoms with E-state index in [4.69, 9.17) is 32.8 Å². The Bertz CT molecular complexity index is 977. The van der Waals surface area contributed by atoms with Crippen molar-refractivity contribution < 1.29 is 18.7 Å². The summed E-state index contributed by atoms with van der Waals surface area (Å²) >= 11 is 6.14. The lowest BCUT2D eigenvalue weighted by Gasteiger charge is -2.11. The van der Waals surface area contributed by atoms with E-state index in [9.17, 15) is 9.18 Å². The zero-order chi connectivity index (χ0) is 19.8. The summed E-state index contributed by atoms with van der Waals surface area (Å²) in [4.78, 5) is 12.0. The highest BCUT2D eigenvalue weighted by molar-refractivity contribution is 6.32. The van der Waals surface area contributed by atoms with E-state index in [-0.39, 0.29) is 28.5 Å². The van der Waals surface area contributed by atoms with E-state index in [2.05, 4.69) is 16.4 Å². The molecule has 0 fully saturated rings. The topological polar surface area (TPSA) is 83.7 Å². The van der Waals surface area contributed by atoms with Gasteiger partial charge in [-0.15, -0.1) is 6.42 Å². The third kappa shape index (κ3) is 4.97. The van der Waals surface area contributed by atoms with Gasteiger partial charge >= 0.3 is 0 Å². The summed E-state index contributed by atoms with van der Waals surface area (Å²) < 4.78 is 24.3. The number of rotatable bonds is 6. The molecule has 2 aromatic rings. The van der Waals surface area contributed by atoms with Gasteiger partial charge < -0.3 is 9.47 Å². The molecule has 0 unspecified atom stereocenters. The van der Waals surface area contributed by atoms with Crippen molar-refractivity contribution in [3.63, 3.8) is 0 Å². The Kier molecular flexibility index (Phi) is 6.76. The molecule has 0 saturated heterocycles. The fourth-order valence-electron chi connectivity index (χ4n) is 2.06. The molecule has 0 bridgehead atoms. The van der Waals surface area contributed by atoms with Crippen LogP contribution in [0.25, 0.3) is 0 Å². The second kappa shape index (κ2) is 9.23. The molecule has 8 heteroatoms. The average Bonchev–Trinajstić information content (AvgIpc) is 2.66. The van der Waals surface area contributed by atoms with Crippen LogP contribution in [-0.2, 0) is 0 Å². The number of nitrogens with zero attached hydrogens (tertiary/aromatic N) is 2. The van der Waals surface area contributed by atoms with Gasteiger partial charge in [-0.2, -0.15) is 10.4 Å². The van der Waals surface area contributed by atoms with Gasteiger partial charge in [0.1, 0.15) is 12.4 Å². The van der Waals surface area contributed by atoms with Crippen LogP contribution in [0.4, 0.5) is 4.39 Å². The molecular formula is C19H13ClFN3O3. The van der Waals surface area contributed by atoms with E-state index < -0.39 is 11.7 Å². The van der Waals surface area contributed by atoms with Crippen molar-refractivity contribution in [2.24, 2.45) is 5.10 Å². The zero-order valence-corrected chi connectivity index (χ0v) is 14.9. The molecule has 0 aliphatic rings. The SMILES string of the molecule is C#CCOc1c(Cl)cc(/C=N\NC(=O)c2ccc(C#N)cc2F)cc1OC. The predicted molar refractivity (Wildman–Crippen MR) is 98.5 cm³/mol. The smallest absolute Gasteiger partial charge is 0.274 e. The van der Waals surface area contributed by atoms with Gasteiger partial charge in [0, 0.05) is 0 Å². The first-order valence-electron chi connectivity index (χ1n) is 7.47. The van der Waals surface area contributed by atoms with Gasteiger partial charge in [-0.25, -0.2) is 9.82 Å². The summed E-state index contributed by atoms with van der Waals surface area (Å²) in [6.45, 7) is 0.0235. The fourth-order valence-corrected chi connectivity index (χ4v) is 2.34. The number of methoxy groups -OCH3 is 1. The van der Waals surface area contributed by atoms with Crippen molar-refractivity contribution in [1.29, 1.82) is 5.26 Å². The Morgan fingerprint density at radius 3 is 2.85 bits per heavy atom. The lowest BCUT2D eigenvalue weighted by Crippen LogP contribution is -2.19. The predicted octanol–water partition coefficient (Wildman–Crippen LogP) is 3.14. The minimum atomic E-state index is -0.818. The van der Waals surface area contributed by atoms with E-state index in [1.807, 2.05) is 0 Å². The van der Waals surface area contributed by atoms with Crippen LogP contribution >= 0.6 is 11.6 Å². The minimum absolute atomic E-state index is 0.0235. The summed E-state index contributed by atoms with van der Waals surface area (Å²) in [5, 5.41) is 12.7. The van der Waals surface area contributed by atoms with Gasteiger partial charge in [-0.1, -0.05) is 17.5 Å². The molecule has 0 spiro atoms. The first-order chi connectivity index (χ1) is 13.0. The third-order valence-corrected chi connectivity index (χ3v) is 3.55. The Morgan fingerprint density at radius 2 is 2.22 bits per heavy atom. The van der Waals surface area contributed by atoms with Crippen molar-refractivity contribution in [3.05, 3.63) is 57.9 Å². The molecule has 6 nitrogen and oxygen atoms in total. The van der Waals surface area contributed by atoms with Crippen molar-refractivity contribution >= 4 is 23.7 Å². The molecular weight excluding hydrogens is 373 g/mol. The van der Waals surface area contributed by atoms with Crippen LogP contribution in [0.3, 0.4) is 0 Å². The molecule has 0 aliphatic carbocycles. The molecule has 136 valence electrons. The van der Waals surface area contributed by atoms with E-state index in [0.717, 1.165) is 6.07 Å². The van der Waals surface area contributed by atoms with Crippen LogP contribution in [0.1, 0.15) is 21.5 Å². The number of hydrogen-bond donors (Lipinski definition) is 1. The standard InChI is InChI=1S/C19H13ClFN3O3/c1-3-6-27-18-15(20)7-13(9-17(18)26-2)11-23-24-19(25)14-5-4-12(10-22)8-16(14)21/h1,4-5,7-9,11H,6H2,2H3,(H,24,25)/b23-11-. The number of terminal acetylenes is 1. The van der Waals surface area contributed by atoms with Crippen LogP contribution < -0.4 is 14.9 Å². The lowest BCUT2D eigenvalue weighted by molar-refractivity contribution is 0.0951. The second-order valence-electron chi connectivity index (χ2n) is 5.03. The average molecular weight is 386 g/mol. The zero-order valence-electron chi connectivity index (χ0n) is 14.1. The van der Waals surface area contributed by atoms with Crippen LogP contribution in [0.15, 0.2) is 35.4 Å². The van der Waals surface area contributed by atoms with Gasteiger partial charge in [0.05, 0.1) is 35.5 Å². The first kappa shape index (κ1) is 19.8. The number of benzene rings is 2. The Hall–Kier alpha value is -3.55. The molecule has 1 amide bonds. The summed E-state index contributed by atoms with van der Waals surface area (Å²) in [5.74, 6) is 1.37. The molecule has 0 aliphatic heterocycles. The molecule has 0 aromatic heterocycles. The normalized spacial score (nSPS) is 10.1. The molecule has 0 saturated carbocycles. The van der Waals surface area contributed by atoms with Crippen LogP contribution in [-0.4, -0.2) is 25.8 Å². The summed E-state index contributed by atoms with van der Waals surface area (Å²) in [5.41, 5.74) is 2.58. The summed E-state index contributed by atoms with van der Waals surface area (Å²) in [7, 11) is 1.44. The van der Waals surface area contributed by atoms with Crippen LogP contribution in [0.5, 0.6) is 11.5 Å². The number of nitrogens with one attached hydrogen (secondary N) is 1. The summed E-state index contributed by atoms with van der Waals surface area (Å²) in [6, 6.07) is 8.41. The fraction of sp³-hybridized carbons (Fsp3) is 0.105. The maximum Gasteiger partial charge on any atom is 0.274 e. The largest absolute Gasteiger partial charge is 0.493 e. The van der Waals surface area contributed by atoms with Crippen molar-refractivity contribution in [1.82, 2.24) is 5.43 Å². The summed E-state index contributed by atoms with van der Waals surface area (Å²) in [6.07, 6.45) is 6.46. The van der Waals surface area contributed by atoms with Gasteiger partial charge in [0.25, 0.3) is 5.91 Å². The molecule has 0 atom stereocenters. The molecule has 0 radical (unpaired) electrons. The number of ether oxygens (including phenoxy) is 2. The second-order valence-corrected chi connectivity index (χ2v) is 5.44. The number of nitriles is 1. The third-order valence-electron chi connectivity index (χ3n) is 3.27. The van der Waals surface area contributed by atoms with Gasteiger partial charge in [-0.3, -0.25) is 4.79 Å². The van der Waals surface area contributed by atoms with Crippen LogP contribution in [0, 0.1) is 29.5 Å². The quantitative estimate of drug-likeness (QED) is 0.470. The number of halogens is 2. The van der Waals surface area contributed by atoms with Gasteiger partial charge in [-0.05, 0) is 35.9 Å². The van der Waals surface area contributed by atoms with Gasteiger partial charge in [0.15, 0.2) is 11.5 Å². The van der Waals surface area contributed by atoms with Crippen molar-refractivity contribution in [3.8, 4) is 29.9 Å². The van der Waals surface area contributed by atoms with E-state index in [1.54, 1.807) is 12.1 Å². The minimum Gasteiger partial charge on any atom is -0.493 e. The lowest BCUT2D eigenvalue weighted by atomic mass is 10.1. The maximum atomic E-state index is 13.8. The Labute approximate surface area is 160 Å². The van der Waals surface area contributed by atoms with Gasteiger partial charge in [0.2, 0.25) is 0 Å². The highest BCUT2D eigenvalue weighted by Gasteiger charge is 2.13. The number of carbonyl (C=O) groups is 1. The highest BCUT2D eigenvalue weighted by Crippen LogP contribution is 2.35.